The van der Waals surface area contributed by atoms with Crippen molar-refractivity contribution in [2.24, 2.45) is 10.7 Å². The van der Waals surface area contributed by atoms with Gasteiger partial charge in [0, 0.05) is 11.9 Å². The number of rotatable bonds is 4. The zero-order valence-corrected chi connectivity index (χ0v) is 7.37. The maximum Gasteiger partial charge on any atom is 0.281 e. The van der Waals surface area contributed by atoms with Gasteiger partial charge in [0.05, 0.1) is 0 Å². The lowest BCUT2D eigenvalue weighted by atomic mass is 10.3. The Kier molecular flexibility index (Phi) is 5.43. The van der Waals surface area contributed by atoms with E-state index in [1.807, 2.05) is 0 Å². The van der Waals surface area contributed by atoms with E-state index >= 15 is 0 Å². The number of hydrogen-bond acceptors (Lipinski definition) is 2. The molecule has 4 heteroatoms. The summed E-state index contributed by atoms with van der Waals surface area (Å²) in [5.41, 5.74) is 4.99. The van der Waals surface area contributed by atoms with Gasteiger partial charge in [-0.2, -0.15) is 0 Å². The Labute approximate surface area is 76.2 Å². The normalized spacial score (nSPS) is 14.2. The monoisotopic (exact) mass is 186 g/mol. The van der Waals surface area contributed by atoms with Crippen LogP contribution in [0.2, 0.25) is 0 Å². The Morgan fingerprint density at radius 3 is 2.54 bits per heavy atom. The zero-order chi connectivity index (χ0) is 10.3. The topological polar surface area (TPSA) is 38.4 Å². The van der Waals surface area contributed by atoms with Gasteiger partial charge in [0.1, 0.15) is 5.70 Å². The van der Waals surface area contributed by atoms with E-state index in [1.54, 1.807) is 19.1 Å². The van der Waals surface area contributed by atoms with Gasteiger partial charge in [0.15, 0.2) is 0 Å². The maximum absolute atomic E-state index is 12.1. The third-order valence-corrected chi connectivity index (χ3v) is 1.17. The van der Waals surface area contributed by atoms with Crippen LogP contribution in [0.4, 0.5) is 8.78 Å². The molecular formula is C9H12F2N2. The Balaban J connectivity index is 4.52. The fourth-order valence-electron chi connectivity index (χ4n) is 0.607. The molecule has 0 spiro atoms. The van der Waals surface area contributed by atoms with Crippen molar-refractivity contribution in [2.45, 2.75) is 13.3 Å². The van der Waals surface area contributed by atoms with Gasteiger partial charge < -0.3 is 5.73 Å². The highest BCUT2D eigenvalue weighted by molar-refractivity contribution is 5.93. The molecule has 0 aliphatic carbocycles. The predicted octanol–water partition coefficient (Wildman–Crippen LogP) is 2.25. The summed E-state index contributed by atoms with van der Waals surface area (Å²) in [4.78, 5) is 3.60. The van der Waals surface area contributed by atoms with Crippen molar-refractivity contribution in [2.75, 3.05) is 0 Å². The van der Waals surface area contributed by atoms with Gasteiger partial charge in [-0.15, -0.1) is 0 Å². The lowest BCUT2D eigenvalue weighted by molar-refractivity contribution is 0.188. The lowest BCUT2D eigenvalue weighted by Gasteiger charge is -1.98. The van der Waals surface area contributed by atoms with Crippen LogP contribution in [0.1, 0.15) is 6.92 Å². The van der Waals surface area contributed by atoms with Gasteiger partial charge in [-0.25, -0.2) is 8.78 Å². The minimum absolute atomic E-state index is 0.425. The number of halogens is 2. The van der Waals surface area contributed by atoms with E-state index in [0.29, 0.717) is 5.71 Å². The van der Waals surface area contributed by atoms with Crippen molar-refractivity contribution in [3.05, 3.63) is 36.7 Å². The first-order valence-corrected chi connectivity index (χ1v) is 3.66. The molecule has 13 heavy (non-hydrogen) atoms. The van der Waals surface area contributed by atoms with Crippen LogP contribution in [0.15, 0.2) is 41.7 Å². The van der Waals surface area contributed by atoms with E-state index in [4.69, 9.17) is 5.73 Å². The number of aliphatic imine (C=N–C) groups is 1. The second-order valence-electron chi connectivity index (χ2n) is 2.24. The molecule has 0 rings (SSSR count). The molecule has 0 radical (unpaired) electrons. The highest BCUT2D eigenvalue weighted by Crippen LogP contribution is 2.08. The summed E-state index contributed by atoms with van der Waals surface area (Å²) in [5.74, 6) is 0. The molecule has 0 bridgehead atoms. The molecule has 0 heterocycles. The van der Waals surface area contributed by atoms with E-state index in [0.717, 1.165) is 6.20 Å². The summed E-state index contributed by atoms with van der Waals surface area (Å²) in [7, 11) is 0. The average molecular weight is 186 g/mol. The van der Waals surface area contributed by atoms with Gasteiger partial charge in [-0.05, 0) is 13.0 Å². The van der Waals surface area contributed by atoms with E-state index in [2.05, 4.69) is 11.6 Å². The third-order valence-electron chi connectivity index (χ3n) is 1.17. The summed E-state index contributed by atoms with van der Waals surface area (Å²) < 4.78 is 24.2. The molecular weight excluding hydrogens is 174 g/mol. The summed E-state index contributed by atoms with van der Waals surface area (Å²) >= 11 is 0. The molecule has 0 aromatic heterocycles. The van der Waals surface area contributed by atoms with Crippen LogP contribution in [0, 0.1) is 0 Å². The van der Waals surface area contributed by atoms with Gasteiger partial charge in [0.2, 0.25) is 0 Å². The Morgan fingerprint density at radius 2 is 2.15 bits per heavy atom. The highest BCUT2D eigenvalue weighted by atomic mass is 19.3. The first-order chi connectivity index (χ1) is 6.11. The van der Waals surface area contributed by atoms with Crippen molar-refractivity contribution >= 4 is 5.71 Å². The lowest BCUT2D eigenvalue weighted by Crippen LogP contribution is -2.00. The molecule has 72 valence electrons. The molecule has 0 aliphatic rings. The second kappa shape index (κ2) is 6.11. The van der Waals surface area contributed by atoms with Crippen LogP contribution < -0.4 is 5.73 Å². The van der Waals surface area contributed by atoms with Gasteiger partial charge >= 0.3 is 0 Å². The molecule has 0 amide bonds. The number of allylic oxidation sites excluding steroid dienone is 4. The van der Waals surface area contributed by atoms with Crippen LogP contribution in [0.25, 0.3) is 0 Å². The standard InChI is InChI=1S/C9H12F2N2/c1-3-4-5-7(2)13-8(6-12)9(10)11/h3-6,9H,1,12H2,2H3/b5-4-,8-6-,13-7-. The van der Waals surface area contributed by atoms with E-state index in [9.17, 15) is 8.78 Å². The van der Waals surface area contributed by atoms with Crippen LogP contribution in [-0.2, 0) is 0 Å². The molecule has 2 N–H and O–H groups in total. The summed E-state index contributed by atoms with van der Waals surface area (Å²) in [5, 5.41) is 0. The number of hydrogen-bond donors (Lipinski definition) is 1. The predicted molar refractivity (Wildman–Crippen MR) is 50.7 cm³/mol. The van der Waals surface area contributed by atoms with E-state index in [1.165, 1.54) is 6.08 Å². The van der Waals surface area contributed by atoms with Gasteiger partial charge in [-0.3, -0.25) is 4.99 Å². The highest BCUT2D eigenvalue weighted by Gasteiger charge is 2.08. The molecule has 0 aliphatic heterocycles. The second-order valence-corrected chi connectivity index (χ2v) is 2.24. The quantitative estimate of drug-likeness (QED) is 0.530. The summed E-state index contributed by atoms with van der Waals surface area (Å²) in [6, 6.07) is 0. The Bertz CT molecular complexity index is 252. The molecule has 0 aromatic rings. The first-order valence-electron chi connectivity index (χ1n) is 3.66. The zero-order valence-electron chi connectivity index (χ0n) is 7.37. The van der Waals surface area contributed by atoms with Crippen molar-refractivity contribution < 1.29 is 8.78 Å². The molecule has 2 nitrogen and oxygen atoms in total. The molecule has 0 unspecified atom stereocenters. The van der Waals surface area contributed by atoms with E-state index in [-0.39, 0.29) is 0 Å². The Hall–Kier alpha value is -1.45. The first kappa shape index (κ1) is 11.6. The SMILES string of the molecule is C=C\C=C/C(C)=N\C(=C/N)C(F)F. The van der Waals surface area contributed by atoms with Crippen molar-refractivity contribution in [3.8, 4) is 0 Å². The average Bonchev–Trinajstić information content (AvgIpc) is 2.10. The molecule has 0 fully saturated rings. The molecule has 0 atom stereocenters. The molecule has 0 saturated heterocycles. The summed E-state index contributed by atoms with van der Waals surface area (Å²) in [6.45, 7) is 5.04. The smallest absolute Gasteiger partial charge is 0.281 e. The van der Waals surface area contributed by atoms with Crippen molar-refractivity contribution in [1.82, 2.24) is 0 Å². The van der Waals surface area contributed by atoms with Gasteiger partial charge in [-0.1, -0.05) is 18.7 Å². The minimum atomic E-state index is -2.64. The fourth-order valence-corrected chi connectivity index (χ4v) is 0.607. The van der Waals surface area contributed by atoms with E-state index < -0.39 is 12.1 Å². The fraction of sp³-hybridized carbons (Fsp3) is 0.222. The van der Waals surface area contributed by atoms with Crippen LogP contribution >= 0.6 is 0 Å². The minimum Gasteiger partial charge on any atom is -0.403 e. The maximum atomic E-state index is 12.1. The number of nitrogens with two attached hydrogens (primary N) is 1. The molecule has 0 aromatic carbocycles. The van der Waals surface area contributed by atoms with Crippen LogP contribution in [0.3, 0.4) is 0 Å². The number of alkyl halides is 2. The third kappa shape index (κ3) is 4.90. The number of nitrogens with zero attached hydrogens (tertiary/aromatic N) is 1. The van der Waals surface area contributed by atoms with Gasteiger partial charge in [0.25, 0.3) is 6.43 Å². The van der Waals surface area contributed by atoms with Crippen LogP contribution in [0.5, 0.6) is 0 Å². The Morgan fingerprint density at radius 1 is 1.54 bits per heavy atom. The summed E-state index contributed by atoms with van der Waals surface area (Å²) in [6.07, 6.45) is 2.87. The largest absolute Gasteiger partial charge is 0.403 e. The molecule has 0 saturated carbocycles. The van der Waals surface area contributed by atoms with Crippen LogP contribution in [-0.4, -0.2) is 12.1 Å². The van der Waals surface area contributed by atoms with Crippen molar-refractivity contribution in [1.29, 1.82) is 0 Å². The van der Waals surface area contributed by atoms with Crippen molar-refractivity contribution in [3.63, 3.8) is 0 Å².